The highest BCUT2D eigenvalue weighted by molar-refractivity contribution is 6.30. The first-order valence-corrected chi connectivity index (χ1v) is 9.49. The number of nitrogens with zero attached hydrogens (tertiary/aromatic N) is 4. The van der Waals surface area contributed by atoms with Crippen LogP contribution in [0, 0.1) is 6.92 Å². The molecule has 1 N–H and O–H groups in total. The standard InChI is InChI=1S/C21H20ClN5O/c1-3-18-20(26-10-8-15(22)12-19(26)24-18)21(28)23-13-16-9-11-27(25-16)17-6-4-14(2)5-7-17/h4-12H,3,13H2,1-2H3,(H,23,28). The van der Waals surface area contributed by atoms with Crippen molar-refractivity contribution >= 4 is 23.2 Å². The molecule has 0 aliphatic carbocycles. The van der Waals surface area contributed by atoms with Crippen LogP contribution in [0.1, 0.15) is 34.4 Å². The molecule has 7 heteroatoms. The van der Waals surface area contributed by atoms with Crippen LogP contribution < -0.4 is 5.32 Å². The van der Waals surface area contributed by atoms with Crippen molar-refractivity contribution in [1.82, 2.24) is 24.5 Å². The fourth-order valence-corrected chi connectivity index (χ4v) is 3.26. The summed E-state index contributed by atoms with van der Waals surface area (Å²) in [5.74, 6) is -0.184. The lowest BCUT2D eigenvalue weighted by atomic mass is 10.2. The fourth-order valence-electron chi connectivity index (χ4n) is 3.11. The smallest absolute Gasteiger partial charge is 0.270 e. The van der Waals surface area contributed by atoms with Gasteiger partial charge < -0.3 is 5.32 Å². The van der Waals surface area contributed by atoms with E-state index >= 15 is 0 Å². The highest BCUT2D eigenvalue weighted by atomic mass is 35.5. The summed E-state index contributed by atoms with van der Waals surface area (Å²) in [7, 11) is 0. The number of hydrogen-bond acceptors (Lipinski definition) is 3. The van der Waals surface area contributed by atoms with E-state index in [1.165, 1.54) is 5.56 Å². The summed E-state index contributed by atoms with van der Waals surface area (Å²) in [5, 5.41) is 8.08. The minimum atomic E-state index is -0.184. The van der Waals surface area contributed by atoms with Gasteiger partial charge in [0.25, 0.3) is 5.91 Å². The van der Waals surface area contributed by atoms with Crippen molar-refractivity contribution in [3.8, 4) is 5.69 Å². The molecule has 4 rings (SSSR count). The Morgan fingerprint density at radius 1 is 1.14 bits per heavy atom. The van der Waals surface area contributed by atoms with E-state index in [0.717, 1.165) is 17.1 Å². The number of aromatic nitrogens is 4. The number of benzene rings is 1. The van der Waals surface area contributed by atoms with Gasteiger partial charge in [-0.25, -0.2) is 9.67 Å². The fraction of sp³-hybridized carbons (Fsp3) is 0.190. The molecule has 1 amide bonds. The Kier molecular flexibility index (Phi) is 4.88. The van der Waals surface area contributed by atoms with Crippen molar-refractivity contribution in [3.05, 3.63) is 82.5 Å². The van der Waals surface area contributed by atoms with Crippen LogP contribution in [-0.4, -0.2) is 25.1 Å². The molecule has 0 unspecified atom stereocenters. The molecule has 3 aromatic heterocycles. The number of pyridine rings is 1. The van der Waals surface area contributed by atoms with E-state index in [0.29, 0.717) is 29.3 Å². The molecule has 3 heterocycles. The summed E-state index contributed by atoms with van der Waals surface area (Å²) in [6.07, 6.45) is 4.31. The third-order valence-electron chi connectivity index (χ3n) is 4.58. The molecule has 1 aromatic carbocycles. The highest BCUT2D eigenvalue weighted by Crippen LogP contribution is 2.18. The van der Waals surface area contributed by atoms with Crippen LogP contribution in [0.3, 0.4) is 0 Å². The van der Waals surface area contributed by atoms with Gasteiger partial charge in [0, 0.05) is 23.5 Å². The molecule has 0 spiro atoms. The third-order valence-corrected chi connectivity index (χ3v) is 4.82. The molecular weight excluding hydrogens is 374 g/mol. The van der Waals surface area contributed by atoms with E-state index in [9.17, 15) is 4.79 Å². The molecule has 0 aliphatic heterocycles. The minimum Gasteiger partial charge on any atom is -0.345 e. The van der Waals surface area contributed by atoms with Crippen LogP contribution in [0.4, 0.5) is 0 Å². The average Bonchev–Trinajstić information content (AvgIpc) is 3.30. The largest absolute Gasteiger partial charge is 0.345 e. The van der Waals surface area contributed by atoms with Gasteiger partial charge in [0.15, 0.2) is 0 Å². The van der Waals surface area contributed by atoms with Crippen LogP contribution in [0.15, 0.2) is 54.9 Å². The summed E-state index contributed by atoms with van der Waals surface area (Å²) < 4.78 is 3.57. The SMILES string of the molecule is CCc1nc2cc(Cl)ccn2c1C(=O)NCc1ccn(-c2ccc(C)cc2)n1. The third kappa shape index (κ3) is 3.51. The molecule has 142 valence electrons. The first kappa shape index (κ1) is 18.3. The zero-order valence-electron chi connectivity index (χ0n) is 15.7. The predicted molar refractivity (Wildman–Crippen MR) is 109 cm³/mol. The van der Waals surface area contributed by atoms with Gasteiger partial charge in [-0.1, -0.05) is 36.2 Å². The first-order valence-electron chi connectivity index (χ1n) is 9.11. The molecule has 0 saturated heterocycles. The molecule has 6 nitrogen and oxygen atoms in total. The van der Waals surface area contributed by atoms with Gasteiger partial charge in [0.05, 0.1) is 23.6 Å². The van der Waals surface area contributed by atoms with Crippen LogP contribution in [-0.2, 0) is 13.0 Å². The van der Waals surface area contributed by atoms with E-state index in [1.807, 2.05) is 50.4 Å². The molecule has 0 radical (unpaired) electrons. The maximum atomic E-state index is 12.8. The number of nitrogens with one attached hydrogen (secondary N) is 1. The van der Waals surface area contributed by atoms with Gasteiger partial charge in [-0.2, -0.15) is 5.10 Å². The molecule has 0 atom stereocenters. The topological polar surface area (TPSA) is 64.2 Å². The number of amides is 1. The second-order valence-electron chi connectivity index (χ2n) is 6.60. The second-order valence-corrected chi connectivity index (χ2v) is 7.04. The highest BCUT2D eigenvalue weighted by Gasteiger charge is 2.18. The van der Waals surface area contributed by atoms with Crippen LogP contribution in [0.25, 0.3) is 11.3 Å². The number of fused-ring (bicyclic) bond motifs is 1. The van der Waals surface area contributed by atoms with Crippen molar-refractivity contribution in [2.45, 2.75) is 26.8 Å². The van der Waals surface area contributed by atoms with Crippen LogP contribution in [0.2, 0.25) is 5.02 Å². The first-order chi connectivity index (χ1) is 13.5. The van der Waals surface area contributed by atoms with Gasteiger partial charge >= 0.3 is 0 Å². The lowest BCUT2D eigenvalue weighted by molar-refractivity contribution is 0.0943. The molecule has 28 heavy (non-hydrogen) atoms. The molecule has 4 aromatic rings. The lowest BCUT2D eigenvalue weighted by Gasteiger charge is -2.06. The van der Waals surface area contributed by atoms with Crippen molar-refractivity contribution in [1.29, 1.82) is 0 Å². The summed E-state index contributed by atoms with van der Waals surface area (Å²) in [6.45, 7) is 4.36. The lowest BCUT2D eigenvalue weighted by Crippen LogP contribution is -2.25. The molecule has 0 aliphatic rings. The molecular formula is C21H20ClN5O. The summed E-state index contributed by atoms with van der Waals surface area (Å²) >= 11 is 6.04. The van der Waals surface area contributed by atoms with Gasteiger partial charge in [-0.15, -0.1) is 0 Å². The predicted octanol–water partition coefficient (Wildman–Crippen LogP) is 3.97. The van der Waals surface area contributed by atoms with Crippen molar-refractivity contribution in [3.63, 3.8) is 0 Å². The number of halogens is 1. The van der Waals surface area contributed by atoms with E-state index in [4.69, 9.17) is 11.6 Å². The van der Waals surface area contributed by atoms with Gasteiger partial charge in [-0.3, -0.25) is 9.20 Å². The van der Waals surface area contributed by atoms with Gasteiger partial charge in [0.2, 0.25) is 0 Å². The molecule has 0 saturated carbocycles. The minimum absolute atomic E-state index is 0.184. The Morgan fingerprint density at radius 3 is 2.68 bits per heavy atom. The zero-order valence-corrected chi connectivity index (χ0v) is 16.4. The Morgan fingerprint density at radius 2 is 1.93 bits per heavy atom. The van der Waals surface area contributed by atoms with E-state index in [-0.39, 0.29) is 5.91 Å². The normalized spacial score (nSPS) is 11.1. The van der Waals surface area contributed by atoms with E-state index in [2.05, 4.69) is 15.4 Å². The summed E-state index contributed by atoms with van der Waals surface area (Å²) in [6, 6.07) is 13.5. The number of aryl methyl sites for hydroxylation is 2. The second kappa shape index (κ2) is 7.48. The number of hydrogen-bond donors (Lipinski definition) is 1. The van der Waals surface area contributed by atoms with E-state index < -0.39 is 0 Å². The maximum absolute atomic E-state index is 12.8. The summed E-state index contributed by atoms with van der Waals surface area (Å²) in [4.78, 5) is 17.3. The average molecular weight is 394 g/mol. The zero-order chi connectivity index (χ0) is 19.7. The molecule has 0 fully saturated rings. The maximum Gasteiger partial charge on any atom is 0.270 e. The number of rotatable bonds is 5. The Balaban J connectivity index is 1.52. The number of carbonyl (C=O) groups excluding carboxylic acids is 1. The van der Waals surface area contributed by atoms with Gasteiger partial charge in [-0.05, 0) is 37.6 Å². The monoisotopic (exact) mass is 393 g/mol. The number of imidazole rings is 1. The van der Waals surface area contributed by atoms with Crippen molar-refractivity contribution < 1.29 is 4.79 Å². The number of carbonyl (C=O) groups is 1. The Hall–Kier alpha value is -3.12. The quantitative estimate of drug-likeness (QED) is 0.558. The molecule has 0 bridgehead atoms. The van der Waals surface area contributed by atoms with Crippen LogP contribution in [0.5, 0.6) is 0 Å². The summed E-state index contributed by atoms with van der Waals surface area (Å²) in [5.41, 5.74) is 4.90. The van der Waals surface area contributed by atoms with Crippen molar-refractivity contribution in [2.75, 3.05) is 0 Å². The Labute approximate surface area is 167 Å². The van der Waals surface area contributed by atoms with Crippen molar-refractivity contribution in [2.24, 2.45) is 0 Å². The Bertz CT molecular complexity index is 1140. The van der Waals surface area contributed by atoms with Gasteiger partial charge in [0.1, 0.15) is 11.3 Å². The van der Waals surface area contributed by atoms with E-state index in [1.54, 1.807) is 27.4 Å². The van der Waals surface area contributed by atoms with Crippen LogP contribution >= 0.6 is 11.6 Å².